The van der Waals surface area contributed by atoms with Crippen molar-refractivity contribution in [3.05, 3.63) is 29.8 Å². The molecule has 0 aliphatic rings. The third-order valence-corrected chi connectivity index (χ3v) is 4.68. The van der Waals surface area contributed by atoms with Gasteiger partial charge in [0.05, 0.1) is 11.5 Å². The first-order valence-electron chi connectivity index (χ1n) is 7.37. The van der Waals surface area contributed by atoms with E-state index in [1.807, 2.05) is 6.07 Å². The normalized spacial score (nSPS) is 13.3. The molecule has 2 N–H and O–H groups in total. The molecule has 0 fully saturated rings. The number of methoxy groups -OCH3 is 1. The van der Waals surface area contributed by atoms with Gasteiger partial charge in [-0.2, -0.15) is 0 Å². The van der Waals surface area contributed by atoms with E-state index in [0.29, 0.717) is 11.5 Å². The lowest BCUT2D eigenvalue weighted by molar-refractivity contribution is 0.204. The van der Waals surface area contributed by atoms with Crippen LogP contribution < -0.4 is 10.0 Å². The number of nitrogens with one attached hydrogen (secondary N) is 2. The van der Waals surface area contributed by atoms with Gasteiger partial charge in [-0.25, -0.2) is 13.1 Å². The summed E-state index contributed by atoms with van der Waals surface area (Å²) in [5.74, 6) is 0. The molecule has 1 aromatic carbocycles. The maximum atomic E-state index is 12.2. The van der Waals surface area contributed by atoms with E-state index in [1.165, 1.54) is 0 Å². The molecule has 120 valence electrons. The highest BCUT2D eigenvalue weighted by Gasteiger charge is 2.16. The molecule has 1 aromatic rings. The Bertz CT molecular complexity index is 517. The molecular formula is C15H26N2O3S. The molecule has 0 saturated heterocycles. The van der Waals surface area contributed by atoms with Crippen LogP contribution in [0.5, 0.6) is 0 Å². The van der Waals surface area contributed by atoms with Crippen LogP contribution in [0.1, 0.15) is 38.3 Å². The van der Waals surface area contributed by atoms with E-state index in [0.717, 1.165) is 24.9 Å². The highest BCUT2D eigenvalue weighted by Crippen LogP contribution is 2.20. The van der Waals surface area contributed by atoms with Gasteiger partial charge in [0.25, 0.3) is 0 Å². The fourth-order valence-electron chi connectivity index (χ4n) is 2.08. The monoisotopic (exact) mass is 314 g/mol. The van der Waals surface area contributed by atoms with Gasteiger partial charge in [-0.15, -0.1) is 0 Å². The third kappa shape index (κ3) is 5.74. The number of rotatable bonds is 10. The Kier molecular flexibility index (Phi) is 7.88. The van der Waals surface area contributed by atoms with Crippen LogP contribution in [0.2, 0.25) is 0 Å². The van der Waals surface area contributed by atoms with Crippen molar-refractivity contribution in [1.29, 1.82) is 0 Å². The molecule has 0 heterocycles. The van der Waals surface area contributed by atoms with Gasteiger partial charge in [-0.1, -0.05) is 26.0 Å². The average molecular weight is 314 g/mol. The Balaban J connectivity index is 2.88. The Labute approximate surface area is 128 Å². The number of hydrogen-bond donors (Lipinski definition) is 2. The predicted molar refractivity (Wildman–Crippen MR) is 84.8 cm³/mol. The number of benzene rings is 1. The molecule has 0 aliphatic heterocycles. The quantitative estimate of drug-likeness (QED) is 0.649. The van der Waals surface area contributed by atoms with Gasteiger partial charge in [-0.3, -0.25) is 0 Å². The van der Waals surface area contributed by atoms with E-state index >= 15 is 0 Å². The third-order valence-electron chi connectivity index (χ3n) is 3.22. The second kappa shape index (κ2) is 9.15. The fraction of sp³-hybridized carbons (Fsp3) is 0.600. The Hall–Kier alpha value is -0.950. The zero-order chi connectivity index (χ0) is 15.7. The number of ether oxygens (including phenoxy) is 1. The maximum absolute atomic E-state index is 12.2. The molecule has 1 rings (SSSR count). The number of hydrogen-bond acceptors (Lipinski definition) is 4. The van der Waals surface area contributed by atoms with Crippen LogP contribution in [0, 0.1) is 0 Å². The van der Waals surface area contributed by atoms with Crippen molar-refractivity contribution in [2.24, 2.45) is 0 Å². The molecule has 0 radical (unpaired) electrons. The van der Waals surface area contributed by atoms with Gasteiger partial charge in [0, 0.05) is 19.7 Å². The summed E-state index contributed by atoms with van der Waals surface area (Å²) < 4.78 is 31.8. The van der Waals surface area contributed by atoms with Gasteiger partial charge in [0.2, 0.25) is 10.0 Å². The molecular weight excluding hydrogens is 288 g/mol. The van der Waals surface area contributed by atoms with Crippen molar-refractivity contribution in [3.63, 3.8) is 0 Å². The van der Waals surface area contributed by atoms with Gasteiger partial charge in [-0.05, 0) is 37.1 Å². The minimum absolute atomic E-state index is 0.180. The van der Waals surface area contributed by atoms with Crippen molar-refractivity contribution in [2.75, 3.05) is 26.8 Å². The number of sulfonamides is 1. The second-order valence-electron chi connectivity index (χ2n) is 4.88. The summed E-state index contributed by atoms with van der Waals surface area (Å²) in [7, 11) is -1.93. The standard InChI is InChI=1S/C15H26N2O3S/c1-4-9-16-15(5-2)13-7-6-8-14(12-13)21(18,19)17-10-11-20-3/h6-8,12,15-17H,4-5,9-11H2,1-3H3. The van der Waals surface area contributed by atoms with Crippen LogP contribution in [-0.2, 0) is 14.8 Å². The second-order valence-corrected chi connectivity index (χ2v) is 6.64. The summed E-state index contributed by atoms with van der Waals surface area (Å²) in [5.41, 5.74) is 1.00. The lowest BCUT2D eigenvalue weighted by Crippen LogP contribution is -2.27. The molecule has 1 atom stereocenters. The first-order valence-corrected chi connectivity index (χ1v) is 8.85. The van der Waals surface area contributed by atoms with Crippen LogP contribution in [0.15, 0.2) is 29.2 Å². The molecule has 1 unspecified atom stereocenters. The molecule has 0 aliphatic carbocycles. The molecule has 0 saturated carbocycles. The molecule has 0 amide bonds. The predicted octanol–water partition coefficient (Wildman–Crippen LogP) is 2.06. The van der Waals surface area contributed by atoms with E-state index in [-0.39, 0.29) is 12.6 Å². The lowest BCUT2D eigenvalue weighted by Gasteiger charge is -2.18. The highest BCUT2D eigenvalue weighted by molar-refractivity contribution is 7.89. The largest absolute Gasteiger partial charge is 0.383 e. The Morgan fingerprint density at radius 3 is 2.62 bits per heavy atom. The topological polar surface area (TPSA) is 67.4 Å². The van der Waals surface area contributed by atoms with E-state index < -0.39 is 10.0 Å². The van der Waals surface area contributed by atoms with Gasteiger partial charge >= 0.3 is 0 Å². The molecule has 6 heteroatoms. The van der Waals surface area contributed by atoms with Crippen molar-refractivity contribution >= 4 is 10.0 Å². The summed E-state index contributed by atoms with van der Waals surface area (Å²) in [6.07, 6.45) is 1.97. The lowest BCUT2D eigenvalue weighted by atomic mass is 10.0. The van der Waals surface area contributed by atoms with Gasteiger partial charge in [0.1, 0.15) is 0 Å². The van der Waals surface area contributed by atoms with Gasteiger partial charge in [0.15, 0.2) is 0 Å². The summed E-state index contributed by atoms with van der Waals surface area (Å²) in [6, 6.07) is 7.29. The van der Waals surface area contributed by atoms with Crippen LogP contribution in [-0.4, -0.2) is 35.2 Å². The molecule has 0 bridgehead atoms. The minimum atomic E-state index is -3.48. The van der Waals surface area contributed by atoms with E-state index in [2.05, 4.69) is 23.9 Å². The van der Waals surface area contributed by atoms with Crippen LogP contribution in [0.4, 0.5) is 0 Å². The first-order chi connectivity index (χ1) is 10.0. The molecule has 21 heavy (non-hydrogen) atoms. The summed E-state index contributed by atoms with van der Waals surface area (Å²) in [4.78, 5) is 0.299. The fourth-order valence-corrected chi connectivity index (χ4v) is 3.14. The Morgan fingerprint density at radius 2 is 2.00 bits per heavy atom. The SMILES string of the molecule is CCCNC(CC)c1cccc(S(=O)(=O)NCCOC)c1. The van der Waals surface area contributed by atoms with Crippen molar-refractivity contribution in [2.45, 2.75) is 37.6 Å². The highest BCUT2D eigenvalue weighted by atomic mass is 32.2. The maximum Gasteiger partial charge on any atom is 0.240 e. The Morgan fingerprint density at radius 1 is 1.24 bits per heavy atom. The van der Waals surface area contributed by atoms with E-state index in [4.69, 9.17) is 4.74 Å². The average Bonchev–Trinajstić information content (AvgIpc) is 2.48. The van der Waals surface area contributed by atoms with Crippen LogP contribution in [0.25, 0.3) is 0 Å². The summed E-state index contributed by atoms with van der Waals surface area (Å²) in [6.45, 7) is 5.75. The molecule has 5 nitrogen and oxygen atoms in total. The first kappa shape index (κ1) is 18.1. The molecule has 0 spiro atoms. The van der Waals surface area contributed by atoms with Crippen LogP contribution >= 0.6 is 0 Å². The van der Waals surface area contributed by atoms with Gasteiger partial charge < -0.3 is 10.1 Å². The minimum Gasteiger partial charge on any atom is -0.383 e. The zero-order valence-electron chi connectivity index (χ0n) is 13.1. The van der Waals surface area contributed by atoms with Crippen molar-refractivity contribution in [1.82, 2.24) is 10.0 Å². The van der Waals surface area contributed by atoms with E-state index in [9.17, 15) is 8.42 Å². The summed E-state index contributed by atoms with van der Waals surface area (Å²) >= 11 is 0. The summed E-state index contributed by atoms with van der Waals surface area (Å²) in [5, 5.41) is 3.43. The van der Waals surface area contributed by atoms with E-state index in [1.54, 1.807) is 25.3 Å². The van der Waals surface area contributed by atoms with Crippen molar-refractivity contribution < 1.29 is 13.2 Å². The van der Waals surface area contributed by atoms with Crippen LogP contribution in [0.3, 0.4) is 0 Å². The zero-order valence-corrected chi connectivity index (χ0v) is 13.9. The molecule has 0 aromatic heterocycles. The van der Waals surface area contributed by atoms with Crippen molar-refractivity contribution in [3.8, 4) is 0 Å². The smallest absolute Gasteiger partial charge is 0.240 e.